The van der Waals surface area contributed by atoms with Gasteiger partial charge in [0.15, 0.2) is 0 Å². The molecule has 36 heavy (non-hydrogen) atoms. The van der Waals surface area contributed by atoms with Crippen LogP contribution in [0.15, 0.2) is 85.3 Å². The van der Waals surface area contributed by atoms with Crippen LogP contribution in [0.5, 0.6) is 0 Å². The molecule has 2 aliphatic rings. The number of piperidine rings is 1. The predicted octanol–water partition coefficient (Wildman–Crippen LogP) is 6.19. The maximum Gasteiger partial charge on any atom is 0.255 e. The van der Waals surface area contributed by atoms with E-state index in [1.165, 1.54) is 0 Å². The summed E-state index contributed by atoms with van der Waals surface area (Å²) < 4.78 is 0. The van der Waals surface area contributed by atoms with Crippen molar-refractivity contribution < 1.29 is 9.59 Å². The predicted molar refractivity (Wildman–Crippen MR) is 147 cm³/mol. The smallest absolute Gasteiger partial charge is 0.255 e. The van der Waals surface area contributed by atoms with Crippen molar-refractivity contribution >= 4 is 11.8 Å². The summed E-state index contributed by atoms with van der Waals surface area (Å²) >= 11 is 0. The first-order chi connectivity index (χ1) is 17.7. The van der Waals surface area contributed by atoms with Crippen molar-refractivity contribution in [1.29, 1.82) is 0 Å². The third-order valence-corrected chi connectivity index (χ3v) is 6.65. The largest absolute Gasteiger partial charge is 0.353 e. The van der Waals surface area contributed by atoms with Crippen LogP contribution in [0, 0.1) is 11.8 Å². The normalized spacial score (nSPS) is 21.5. The van der Waals surface area contributed by atoms with E-state index in [-0.39, 0.29) is 17.9 Å². The number of hydrogen-bond acceptors (Lipinski definition) is 3. The van der Waals surface area contributed by atoms with Crippen LogP contribution in [-0.2, 0) is 4.79 Å². The van der Waals surface area contributed by atoms with Gasteiger partial charge in [-0.1, -0.05) is 67.7 Å². The highest BCUT2D eigenvalue weighted by Crippen LogP contribution is 2.45. The van der Waals surface area contributed by atoms with Crippen molar-refractivity contribution in [2.24, 2.45) is 11.8 Å². The Bertz CT molecular complexity index is 949. The number of nitrogens with zero attached hydrogens (tertiary/aromatic N) is 2. The zero-order valence-corrected chi connectivity index (χ0v) is 21.6. The molecule has 2 amide bonds. The first-order valence-electron chi connectivity index (χ1n) is 13.4. The zero-order valence-electron chi connectivity index (χ0n) is 21.6. The van der Waals surface area contributed by atoms with Gasteiger partial charge in [-0.05, 0) is 57.1 Å². The number of pyridine rings is 1. The molecule has 5 heteroatoms. The topological polar surface area (TPSA) is 62.3 Å². The van der Waals surface area contributed by atoms with E-state index in [2.05, 4.69) is 78.0 Å². The van der Waals surface area contributed by atoms with Crippen LogP contribution >= 0.6 is 0 Å². The van der Waals surface area contributed by atoms with Crippen molar-refractivity contribution in [1.82, 2.24) is 15.2 Å². The van der Waals surface area contributed by atoms with Gasteiger partial charge in [0.05, 0.1) is 5.56 Å². The van der Waals surface area contributed by atoms with Crippen molar-refractivity contribution in [3.63, 3.8) is 0 Å². The minimum atomic E-state index is 0.0393. The van der Waals surface area contributed by atoms with Crippen LogP contribution in [0.1, 0.15) is 68.6 Å². The van der Waals surface area contributed by atoms with E-state index in [0.717, 1.165) is 58.0 Å². The van der Waals surface area contributed by atoms with Gasteiger partial charge in [0.1, 0.15) is 0 Å². The molecule has 3 rings (SSSR count). The SMILES string of the molecule is CCC=CCC=CCC=CCC=CCC=CCCCC(=O)NC1C2CN(C(=O)c3cccnc3)CC21. The fraction of sp³-hybridized carbons (Fsp3) is 0.452. The molecule has 1 aromatic rings. The minimum absolute atomic E-state index is 0.0393. The van der Waals surface area contributed by atoms with Gasteiger partial charge >= 0.3 is 0 Å². The number of fused-ring (bicyclic) bond motifs is 1. The number of unbranched alkanes of at least 4 members (excludes halogenated alkanes) is 1. The zero-order chi connectivity index (χ0) is 25.4. The van der Waals surface area contributed by atoms with Crippen LogP contribution in [0.25, 0.3) is 0 Å². The second-order valence-corrected chi connectivity index (χ2v) is 9.47. The van der Waals surface area contributed by atoms with Crippen molar-refractivity contribution in [3.8, 4) is 0 Å². The van der Waals surface area contributed by atoms with Gasteiger partial charge in [-0.25, -0.2) is 0 Å². The Labute approximate surface area is 216 Å². The van der Waals surface area contributed by atoms with Gasteiger partial charge in [-0.3, -0.25) is 14.6 Å². The number of carbonyl (C=O) groups excluding carboxylic acids is 2. The Morgan fingerprint density at radius 2 is 1.50 bits per heavy atom. The van der Waals surface area contributed by atoms with Crippen LogP contribution in [0.2, 0.25) is 0 Å². The highest BCUT2D eigenvalue weighted by molar-refractivity contribution is 5.94. The third kappa shape index (κ3) is 9.44. The molecule has 1 saturated heterocycles. The second kappa shape index (κ2) is 15.7. The molecule has 2 fully saturated rings. The van der Waals surface area contributed by atoms with Crippen molar-refractivity contribution in [3.05, 3.63) is 90.9 Å². The lowest BCUT2D eigenvalue weighted by Crippen LogP contribution is -2.37. The highest BCUT2D eigenvalue weighted by Gasteiger charge is 2.57. The molecular weight excluding hydrogens is 446 g/mol. The molecule has 0 spiro atoms. The highest BCUT2D eigenvalue weighted by atomic mass is 16.2. The molecule has 0 aromatic carbocycles. The van der Waals surface area contributed by atoms with Crippen LogP contribution in [0.3, 0.4) is 0 Å². The lowest BCUT2D eigenvalue weighted by Gasteiger charge is -2.20. The second-order valence-electron chi connectivity index (χ2n) is 9.47. The summed E-state index contributed by atoms with van der Waals surface area (Å²) in [5.74, 6) is 0.977. The number of hydrogen-bond donors (Lipinski definition) is 1. The molecule has 0 bridgehead atoms. The molecule has 5 nitrogen and oxygen atoms in total. The fourth-order valence-electron chi connectivity index (χ4n) is 4.59. The Kier molecular flexibility index (Phi) is 12.0. The van der Waals surface area contributed by atoms with E-state index in [9.17, 15) is 9.59 Å². The first-order valence-corrected chi connectivity index (χ1v) is 13.4. The van der Waals surface area contributed by atoms with E-state index in [0.29, 0.717) is 23.8 Å². The summed E-state index contributed by atoms with van der Waals surface area (Å²) in [7, 11) is 0. The van der Waals surface area contributed by atoms with Gasteiger partial charge in [-0.2, -0.15) is 0 Å². The number of nitrogens with one attached hydrogen (secondary N) is 1. The minimum Gasteiger partial charge on any atom is -0.353 e. The van der Waals surface area contributed by atoms with E-state index in [1.54, 1.807) is 24.5 Å². The summed E-state index contributed by atoms with van der Waals surface area (Å²) in [5.41, 5.74) is 0.634. The summed E-state index contributed by atoms with van der Waals surface area (Å²) in [6.45, 7) is 3.60. The monoisotopic (exact) mass is 487 g/mol. The van der Waals surface area contributed by atoms with Gasteiger partial charge in [0.2, 0.25) is 5.91 Å². The average molecular weight is 488 g/mol. The molecule has 1 aromatic heterocycles. The number of amides is 2. The number of likely N-dealkylation sites (tertiary alicyclic amines) is 1. The molecule has 0 radical (unpaired) electrons. The standard InChI is InChI=1S/C31H41N3O2/c1-2-3-4-5-6-7-8-9-10-11-12-13-14-15-16-17-18-21-29(35)33-30-27-24-34(25-28(27)30)31(36)26-20-19-22-32-23-26/h3-4,6-7,9-10,12-13,15-16,19-20,22-23,27-28,30H,2,5,8,11,14,17-18,21,24-25H2,1H3,(H,33,35). The van der Waals surface area contributed by atoms with Gasteiger partial charge in [-0.15, -0.1) is 0 Å². The molecule has 2 atom stereocenters. The number of aromatic nitrogens is 1. The molecule has 2 unspecified atom stereocenters. The lowest BCUT2D eigenvalue weighted by atomic mass is 10.2. The van der Waals surface area contributed by atoms with Crippen molar-refractivity contribution in [2.75, 3.05) is 13.1 Å². The average Bonchev–Trinajstić information content (AvgIpc) is 3.32. The van der Waals surface area contributed by atoms with Gasteiger partial charge < -0.3 is 10.2 Å². The first kappa shape index (κ1) is 27.4. The Morgan fingerprint density at radius 3 is 2.06 bits per heavy atom. The Balaban J connectivity index is 1.16. The Morgan fingerprint density at radius 1 is 0.917 bits per heavy atom. The molecule has 2 heterocycles. The van der Waals surface area contributed by atoms with E-state index < -0.39 is 0 Å². The quantitative estimate of drug-likeness (QED) is 0.237. The molecule has 192 valence electrons. The Hall–Kier alpha value is -3.21. The maximum atomic E-state index is 12.5. The van der Waals surface area contributed by atoms with Gasteiger partial charge in [0.25, 0.3) is 5.91 Å². The van der Waals surface area contributed by atoms with Crippen molar-refractivity contribution in [2.45, 2.75) is 64.3 Å². The van der Waals surface area contributed by atoms with E-state index in [1.807, 2.05) is 4.90 Å². The van der Waals surface area contributed by atoms with E-state index >= 15 is 0 Å². The number of rotatable bonds is 15. The third-order valence-electron chi connectivity index (χ3n) is 6.65. The van der Waals surface area contributed by atoms with Crippen LogP contribution in [-0.4, -0.2) is 40.8 Å². The number of allylic oxidation sites excluding steroid dienone is 10. The van der Waals surface area contributed by atoms with Crippen LogP contribution in [0.4, 0.5) is 0 Å². The van der Waals surface area contributed by atoms with E-state index in [4.69, 9.17) is 0 Å². The number of carbonyl (C=O) groups is 2. The summed E-state index contributed by atoms with van der Waals surface area (Å²) in [4.78, 5) is 30.7. The molecule has 1 aliphatic carbocycles. The fourth-order valence-corrected chi connectivity index (χ4v) is 4.59. The summed E-state index contributed by atoms with van der Waals surface area (Å²) in [6.07, 6.45) is 32.6. The van der Waals surface area contributed by atoms with Crippen LogP contribution < -0.4 is 5.32 Å². The molecule has 1 N–H and O–H groups in total. The summed E-state index contributed by atoms with van der Waals surface area (Å²) in [5, 5.41) is 3.17. The maximum absolute atomic E-state index is 12.5. The summed E-state index contributed by atoms with van der Waals surface area (Å²) in [6, 6.07) is 3.83. The molecular formula is C31H41N3O2. The molecule has 1 saturated carbocycles. The molecule has 1 aliphatic heterocycles. The van der Waals surface area contributed by atoms with Gasteiger partial charge in [0, 0.05) is 49.8 Å². The lowest BCUT2D eigenvalue weighted by molar-refractivity contribution is -0.121.